The van der Waals surface area contributed by atoms with Crippen molar-refractivity contribution >= 4 is 52.1 Å². The molecule has 0 aliphatic carbocycles. The van der Waals surface area contributed by atoms with E-state index in [0.29, 0.717) is 16.2 Å². The normalized spacial score (nSPS) is 17.8. The number of hydrogen-bond donors (Lipinski definition) is 0. The van der Waals surface area contributed by atoms with Crippen LogP contribution in [-0.4, -0.2) is 40.4 Å². The first-order valence-electron chi connectivity index (χ1n) is 8.83. The minimum atomic E-state index is 0.127. The molecule has 2 aromatic carbocycles. The first-order chi connectivity index (χ1) is 13.2. The summed E-state index contributed by atoms with van der Waals surface area (Å²) in [7, 11) is 0. The molecule has 4 nitrogen and oxygen atoms in total. The molecule has 140 valence electrons. The maximum Gasteiger partial charge on any atom is 0.257 e. The van der Waals surface area contributed by atoms with E-state index >= 15 is 0 Å². The zero-order valence-electron chi connectivity index (χ0n) is 14.6. The van der Waals surface area contributed by atoms with Crippen LogP contribution in [0.25, 0.3) is 11.1 Å². The average molecular weight is 419 g/mol. The van der Waals surface area contributed by atoms with Crippen LogP contribution in [-0.2, 0) is 4.79 Å². The van der Waals surface area contributed by atoms with Gasteiger partial charge >= 0.3 is 0 Å². The number of benzene rings is 2. The highest BCUT2D eigenvalue weighted by atomic mass is 35.5. The van der Waals surface area contributed by atoms with Crippen LogP contribution in [0.5, 0.6) is 0 Å². The minimum Gasteiger partial charge on any atom is -0.431 e. The van der Waals surface area contributed by atoms with Gasteiger partial charge in [0, 0.05) is 29.1 Å². The highest BCUT2D eigenvalue weighted by Gasteiger charge is 2.23. The zero-order valence-corrected chi connectivity index (χ0v) is 17.0. The van der Waals surface area contributed by atoms with Gasteiger partial charge in [0.2, 0.25) is 5.91 Å². The number of carbonyl (C=O) groups is 1. The molecule has 0 saturated carbocycles. The summed E-state index contributed by atoms with van der Waals surface area (Å²) in [6, 6.07) is 15.6. The monoisotopic (exact) mass is 418 g/mol. The topological polar surface area (TPSA) is 46.3 Å². The lowest BCUT2D eigenvalue weighted by Gasteiger charge is -2.20. The first-order valence-corrected chi connectivity index (χ1v) is 11.2. The fraction of sp³-hybridized carbons (Fsp3) is 0.300. The molecule has 7 heteroatoms. The van der Waals surface area contributed by atoms with Crippen LogP contribution in [0.1, 0.15) is 17.2 Å². The van der Waals surface area contributed by atoms with E-state index in [-0.39, 0.29) is 5.91 Å². The van der Waals surface area contributed by atoms with Gasteiger partial charge in [-0.25, -0.2) is 4.98 Å². The van der Waals surface area contributed by atoms with E-state index < -0.39 is 0 Å². The molecule has 0 N–H and O–H groups in total. The third-order valence-electron chi connectivity index (χ3n) is 4.54. The molecule has 3 aromatic rings. The van der Waals surface area contributed by atoms with Crippen molar-refractivity contribution in [1.29, 1.82) is 0 Å². The van der Waals surface area contributed by atoms with Crippen LogP contribution < -0.4 is 0 Å². The molecule has 27 heavy (non-hydrogen) atoms. The van der Waals surface area contributed by atoms with Gasteiger partial charge < -0.3 is 9.32 Å². The highest BCUT2D eigenvalue weighted by Crippen LogP contribution is 2.38. The van der Waals surface area contributed by atoms with E-state index in [0.717, 1.165) is 41.4 Å². The summed E-state index contributed by atoms with van der Waals surface area (Å²) in [5.74, 6) is 1.38. The fourth-order valence-corrected chi connectivity index (χ4v) is 5.47. The van der Waals surface area contributed by atoms with Gasteiger partial charge in [-0.2, -0.15) is 11.8 Å². The molecule has 0 radical (unpaired) electrons. The Balaban J connectivity index is 1.34. The summed E-state index contributed by atoms with van der Waals surface area (Å²) in [5.41, 5.74) is 2.74. The number of thioether (sulfide) groups is 2. The molecular formula is C20H19ClN2O2S2. The lowest BCUT2D eigenvalue weighted by molar-refractivity contribution is -0.128. The van der Waals surface area contributed by atoms with Crippen LogP contribution in [0.3, 0.4) is 0 Å². The van der Waals surface area contributed by atoms with Gasteiger partial charge in [0.15, 0.2) is 5.58 Å². The lowest BCUT2D eigenvalue weighted by Crippen LogP contribution is -2.34. The van der Waals surface area contributed by atoms with Crippen LogP contribution >= 0.6 is 35.1 Å². The molecule has 4 rings (SSSR count). The predicted octanol–water partition coefficient (Wildman–Crippen LogP) is 5.28. The van der Waals surface area contributed by atoms with Gasteiger partial charge in [0.05, 0.1) is 5.75 Å². The summed E-state index contributed by atoms with van der Waals surface area (Å²) in [4.78, 5) is 19.0. The second-order valence-electron chi connectivity index (χ2n) is 6.29. The van der Waals surface area contributed by atoms with Crippen molar-refractivity contribution in [2.75, 3.05) is 24.6 Å². The maximum absolute atomic E-state index is 12.6. The van der Waals surface area contributed by atoms with Crippen molar-refractivity contribution in [2.45, 2.75) is 16.9 Å². The standard InChI is InChI=1S/C20H19ClN2O2S2/c21-15-6-2-1-5-14(15)18-9-10-23(11-12-26-18)19(24)13-27-20-22-16-7-3-4-8-17(16)25-20/h1-8,18H,9-13H2/t18-/m0/s1. The largest absolute Gasteiger partial charge is 0.431 e. The molecular weight excluding hydrogens is 400 g/mol. The molecule has 0 bridgehead atoms. The molecule has 1 atom stereocenters. The van der Waals surface area contributed by atoms with Crippen LogP contribution in [0, 0.1) is 0 Å². The van der Waals surface area contributed by atoms with Crippen molar-refractivity contribution in [3.05, 3.63) is 59.1 Å². The Bertz CT molecular complexity index is 913. The number of oxazole rings is 1. The summed E-state index contributed by atoms with van der Waals surface area (Å²) in [5, 5.41) is 1.69. The van der Waals surface area contributed by atoms with Crippen LogP contribution in [0.15, 0.2) is 58.2 Å². The molecule has 1 aromatic heterocycles. The van der Waals surface area contributed by atoms with Gasteiger partial charge in [-0.15, -0.1) is 0 Å². The second kappa shape index (κ2) is 8.59. The van der Waals surface area contributed by atoms with Crippen molar-refractivity contribution in [2.24, 2.45) is 0 Å². The Morgan fingerprint density at radius 1 is 1.22 bits per heavy atom. The second-order valence-corrected chi connectivity index (χ2v) is 8.93. The van der Waals surface area contributed by atoms with Crippen molar-refractivity contribution in [3.8, 4) is 0 Å². The van der Waals surface area contributed by atoms with Crippen molar-refractivity contribution in [1.82, 2.24) is 9.88 Å². The SMILES string of the molecule is O=C(CSc1nc2ccccc2o1)N1CCS[C@H](c2ccccc2Cl)CC1. The average Bonchev–Trinajstić information content (AvgIpc) is 2.94. The van der Waals surface area contributed by atoms with E-state index in [4.69, 9.17) is 16.0 Å². The number of aromatic nitrogens is 1. The van der Waals surface area contributed by atoms with Gasteiger partial charge in [-0.05, 0) is 30.2 Å². The Morgan fingerprint density at radius 2 is 2.04 bits per heavy atom. The number of fused-ring (bicyclic) bond motifs is 1. The van der Waals surface area contributed by atoms with E-state index in [1.54, 1.807) is 0 Å². The predicted molar refractivity (Wildman–Crippen MR) is 113 cm³/mol. The number of halogens is 1. The van der Waals surface area contributed by atoms with E-state index in [1.165, 1.54) is 17.3 Å². The number of hydrogen-bond acceptors (Lipinski definition) is 5. The van der Waals surface area contributed by atoms with E-state index in [2.05, 4.69) is 11.1 Å². The van der Waals surface area contributed by atoms with Gasteiger partial charge in [0.1, 0.15) is 5.52 Å². The third kappa shape index (κ3) is 4.45. The molecule has 0 spiro atoms. The molecule has 2 heterocycles. The van der Waals surface area contributed by atoms with Crippen LogP contribution in [0.4, 0.5) is 0 Å². The minimum absolute atomic E-state index is 0.127. The van der Waals surface area contributed by atoms with E-state index in [1.807, 2.05) is 59.1 Å². The van der Waals surface area contributed by atoms with E-state index in [9.17, 15) is 4.79 Å². The number of amides is 1. The van der Waals surface area contributed by atoms with Gasteiger partial charge in [-0.3, -0.25) is 4.79 Å². The quantitative estimate of drug-likeness (QED) is 0.539. The molecule has 1 aliphatic rings. The van der Waals surface area contributed by atoms with Gasteiger partial charge in [0.25, 0.3) is 5.22 Å². The highest BCUT2D eigenvalue weighted by molar-refractivity contribution is 7.99. The Labute approximate surface area is 171 Å². The zero-order chi connectivity index (χ0) is 18.6. The smallest absolute Gasteiger partial charge is 0.257 e. The summed E-state index contributed by atoms with van der Waals surface area (Å²) >= 11 is 9.58. The maximum atomic E-state index is 12.6. The van der Waals surface area contributed by atoms with Crippen molar-refractivity contribution < 1.29 is 9.21 Å². The lowest BCUT2D eigenvalue weighted by atomic mass is 10.1. The number of para-hydroxylation sites is 2. The molecule has 1 saturated heterocycles. The van der Waals surface area contributed by atoms with Gasteiger partial charge in [-0.1, -0.05) is 53.7 Å². The number of carbonyl (C=O) groups excluding carboxylic acids is 1. The fourth-order valence-electron chi connectivity index (χ4n) is 3.13. The summed E-state index contributed by atoms with van der Waals surface area (Å²) in [6.07, 6.45) is 0.910. The summed E-state index contributed by atoms with van der Waals surface area (Å²) < 4.78 is 5.68. The first kappa shape index (κ1) is 18.7. The number of nitrogens with zero attached hydrogens (tertiary/aromatic N) is 2. The molecule has 1 fully saturated rings. The molecule has 0 unspecified atom stereocenters. The van der Waals surface area contributed by atoms with Crippen LogP contribution in [0.2, 0.25) is 5.02 Å². The molecule has 1 amide bonds. The number of rotatable bonds is 4. The van der Waals surface area contributed by atoms with Crippen molar-refractivity contribution in [3.63, 3.8) is 0 Å². The Hall–Kier alpha value is -1.63. The Morgan fingerprint density at radius 3 is 2.89 bits per heavy atom. The molecule has 1 aliphatic heterocycles. The Kier molecular flexibility index (Phi) is 5.95. The summed E-state index contributed by atoms with van der Waals surface area (Å²) in [6.45, 7) is 1.51. The third-order valence-corrected chi connectivity index (χ3v) is 7.01.